The molecule has 0 bridgehead atoms. The van der Waals surface area contributed by atoms with Gasteiger partial charge in [-0.05, 0) is 0 Å². The molecule has 0 radical (unpaired) electrons. The Morgan fingerprint density at radius 3 is 1.53 bits per heavy atom. The summed E-state index contributed by atoms with van der Waals surface area (Å²) in [7, 11) is -6.30. The molecule has 1 aliphatic heterocycles. The average molecular weight is 319 g/mol. The summed E-state index contributed by atoms with van der Waals surface area (Å²) in [6.07, 6.45) is -13.3. The first-order chi connectivity index (χ1) is 8.36. The third-order valence-electron chi connectivity index (χ3n) is 2.39. The summed E-state index contributed by atoms with van der Waals surface area (Å²) in [6, 6.07) is 0. The molecule has 4 nitrogen and oxygen atoms in total. The lowest BCUT2D eigenvalue weighted by molar-refractivity contribution is -0.307. The highest BCUT2D eigenvalue weighted by Gasteiger charge is 2.81. The van der Waals surface area contributed by atoms with Gasteiger partial charge in [-0.15, -0.1) is 0 Å². The van der Waals surface area contributed by atoms with Crippen LogP contribution in [0.3, 0.4) is 0 Å². The van der Waals surface area contributed by atoms with Gasteiger partial charge in [0.2, 0.25) is 0 Å². The van der Waals surface area contributed by atoms with Crippen LogP contribution in [0.15, 0.2) is 0 Å². The Hall–Kier alpha value is -0.620. The molecule has 0 aromatic heterocycles. The van der Waals surface area contributed by atoms with Crippen LogP contribution >= 0.6 is 0 Å². The van der Waals surface area contributed by atoms with Crippen LogP contribution in [0.25, 0.3) is 0 Å². The van der Waals surface area contributed by atoms with Crippen molar-refractivity contribution >= 4 is 10.0 Å². The number of sulfonamides is 1. The number of nitrogens with zero attached hydrogens (tertiary/aromatic N) is 1. The van der Waals surface area contributed by atoms with Crippen molar-refractivity contribution in [3.05, 3.63) is 0 Å². The molecule has 0 spiro atoms. The first-order valence-electron chi connectivity index (χ1n) is 4.75. The van der Waals surface area contributed by atoms with Crippen LogP contribution in [0.4, 0.5) is 30.7 Å². The van der Waals surface area contributed by atoms with E-state index in [-0.39, 0.29) is 4.31 Å². The van der Waals surface area contributed by atoms with Crippen molar-refractivity contribution in [3.63, 3.8) is 0 Å². The van der Waals surface area contributed by atoms with Crippen LogP contribution in [-0.4, -0.2) is 56.4 Å². The van der Waals surface area contributed by atoms with Gasteiger partial charge in [0.25, 0.3) is 10.0 Å². The Kier molecular flexibility index (Phi) is 4.10. The number of halogens is 7. The topological polar surface area (TPSA) is 46.6 Å². The maximum absolute atomic E-state index is 13.4. The molecule has 1 fully saturated rings. The number of morpholine rings is 1. The smallest absolute Gasteiger partial charge is 0.379 e. The van der Waals surface area contributed by atoms with Gasteiger partial charge in [0.05, 0.1) is 13.2 Å². The minimum atomic E-state index is -6.64. The molecule has 12 heteroatoms. The van der Waals surface area contributed by atoms with E-state index in [2.05, 4.69) is 4.74 Å². The molecule has 0 amide bonds. The SMILES string of the molecule is O=S(=O)(N1CCOCC1)C(F)(C(F)(F)F)C(F)(F)F. The van der Waals surface area contributed by atoms with Gasteiger partial charge in [0.15, 0.2) is 0 Å². The van der Waals surface area contributed by atoms with Crippen LogP contribution < -0.4 is 0 Å². The number of alkyl halides is 7. The van der Waals surface area contributed by atoms with Crippen LogP contribution in [0.2, 0.25) is 0 Å². The molecule has 0 N–H and O–H groups in total. The maximum Gasteiger partial charge on any atom is 0.448 e. The molecule has 1 heterocycles. The zero-order chi connectivity index (χ0) is 15.1. The van der Waals surface area contributed by atoms with E-state index in [9.17, 15) is 39.2 Å². The first-order valence-corrected chi connectivity index (χ1v) is 6.19. The average Bonchev–Trinajstić information content (AvgIpc) is 2.26. The van der Waals surface area contributed by atoms with Crippen molar-refractivity contribution in [1.82, 2.24) is 4.31 Å². The zero-order valence-corrected chi connectivity index (χ0v) is 9.87. The van der Waals surface area contributed by atoms with E-state index >= 15 is 0 Å². The third-order valence-corrected chi connectivity index (χ3v) is 4.61. The van der Waals surface area contributed by atoms with Crippen molar-refractivity contribution in [1.29, 1.82) is 0 Å². The molecular weight excluding hydrogens is 311 g/mol. The standard InChI is InChI=1S/C7H8F7NO3S/c8-5(6(9,10)11,7(12,13)14)19(16,17)15-1-3-18-4-2-15/h1-4H2. The second-order valence-corrected chi connectivity index (χ2v) is 5.64. The number of rotatable bonds is 2. The number of ether oxygens (including phenoxy) is 1. The van der Waals surface area contributed by atoms with Crippen LogP contribution in [0.5, 0.6) is 0 Å². The summed E-state index contributed by atoms with van der Waals surface area (Å²) in [5.41, 5.74) is 0. The maximum atomic E-state index is 13.4. The molecule has 0 aromatic rings. The Labute approximate surface area is 103 Å². The van der Waals surface area contributed by atoms with E-state index < -0.39 is 53.7 Å². The Balaban J connectivity index is 3.33. The quantitative estimate of drug-likeness (QED) is 0.724. The Morgan fingerprint density at radius 1 is 0.842 bits per heavy atom. The predicted octanol–water partition coefficient (Wildman–Crippen LogP) is 1.44. The largest absolute Gasteiger partial charge is 0.448 e. The molecule has 1 aliphatic rings. The molecule has 0 saturated carbocycles. The van der Waals surface area contributed by atoms with Crippen molar-refractivity contribution in [2.45, 2.75) is 17.4 Å². The number of hydrogen-bond donors (Lipinski definition) is 0. The summed E-state index contributed by atoms with van der Waals surface area (Å²) in [4.78, 5) is 0. The molecule has 0 aliphatic carbocycles. The fraction of sp³-hybridized carbons (Fsp3) is 1.00. The van der Waals surface area contributed by atoms with Crippen molar-refractivity contribution in [2.75, 3.05) is 26.3 Å². The van der Waals surface area contributed by atoms with Gasteiger partial charge in [-0.1, -0.05) is 0 Å². The highest BCUT2D eigenvalue weighted by Crippen LogP contribution is 2.50. The Morgan fingerprint density at radius 2 is 1.21 bits per heavy atom. The lowest BCUT2D eigenvalue weighted by Crippen LogP contribution is -2.63. The van der Waals surface area contributed by atoms with Gasteiger partial charge in [-0.2, -0.15) is 30.6 Å². The van der Waals surface area contributed by atoms with Gasteiger partial charge in [-0.25, -0.2) is 12.8 Å². The minimum Gasteiger partial charge on any atom is -0.379 e. The fourth-order valence-electron chi connectivity index (χ4n) is 1.42. The lowest BCUT2D eigenvalue weighted by atomic mass is 10.3. The van der Waals surface area contributed by atoms with E-state index in [0.29, 0.717) is 0 Å². The number of hydrogen-bond acceptors (Lipinski definition) is 3. The zero-order valence-electron chi connectivity index (χ0n) is 9.05. The van der Waals surface area contributed by atoms with Gasteiger partial charge < -0.3 is 4.74 Å². The van der Waals surface area contributed by atoms with E-state index in [1.165, 1.54) is 0 Å². The molecule has 19 heavy (non-hydrogen) atoms. The summed E-state index contributed by atoms with van der Waals surface area (Å²) >= 11 is 0. The van der Waals surface area contributed by atoms with E-state index in [1.807, 2.05) is 0 Å². The van der Waals surface area contributed by atoms with Gasteiger partial charge in [0, 0.05) is 13.1 Å². The molecule has 114 valence electrons. The lowest BCUT2D eigenvalue weighted by Gasteiger charge is -2.35. The third kappa shape index (κ3) is 2.52. The molecular formula is C7H8F7NO3S. The Bertz CT molecular complexity index is 409. The summed E-state index contributed by atoms with van der Waals surface area (Å²) in [5, 5.41) is -6.33. The molecule has 0 atom stereocenters. The predicted molar refractivity (Wildman–Crippen MR) is 47.3 cm³/mol. The van der Waals surface area contributed by atoms with E-state index in [4.69, 9.17) is 0 Å². The van der Waals surface area contributed by atoms with E-state index in [0.717, 1.165) is 0 Å². The first kappa shape index (κ1) is 16.4. The fourth-order valence-corrected chi connectivity index (χ4v) is 2.99. The minimum absolute atomic E-state index is 0.211. The highest BCUT2D eigenvalue weighted by atomic mass is 32.2. The monoisotopic (exact) mass is 319 g/mol. The second-order valence-electron chi connectivity index (χ2n) is 3.61. The highest BCUT2D eigenvalue weighted by molar-refractivity contribution is 7.90. The normalized spacial score (nSPS) is 20.6. The summed E-state index contributed by atoms with van der Waals surface area (Å²) in [6.45, 7) is -2.38. The summed E-state index contributed by atoms with van der Waals surface area (Å²) in [5.74, 6) is 0. The van der Waals surface area contributed by atoms with Gasteiger partial charge >= 0.3 is 17.4 Å². The second kappa shape index (κ2) is 4.74. The van der Waals surface area contributed by atoms with Crippen molar-refractivity contribution in [2.24, 2.45) is 0 Å². The van der Waals surface area contributed by atoms with Crippen molar-refractivity contribution in [3.8, 4) is 0 Å². The van der Waals surface area contributed by atoms with Crippen molar-refractivity contribution < 1.29 is 43.9 Å². The molecule has 0 aromatic carbocycles. The molecule has 1 rings (SSSR count). The van der Waals surface area contributed by atoms with Crippen LogP contribution in [0.1, 0.15) is 0 Å². The van der Waals surface area contributed by atoms with Crippen LogP contribution in [0, 0.1) is 0 Å². The van der Waals surface area contributed by atoms with Crippen LogP contribution in [-0.2, 0) is 14.8 Å². The van der Waals surface area contributed by atoms with Gasteiger partial charge in [0.1, 0.15) is 0 Å². The van der Waals surface area contributed by atoms with E-state index in [1.54, 1.807) is 0 Å². The summed E-state index contributed by atoms with van der Waals surface area (Å²) < 4.78 is 114. The van der Waals surface area contributed by atoms with Gasteiger partial charge in [-0.3, -0.25) is 0 Å². The molecule has 0 unspecified atom stereocenters. The molecule has 1 saturated heterocycles.